The molecule has 2 heterocycles. The number of methoxy groups -OCH3 is 1. The van der Waals surface area contributed by atoms with Crippen LogP contribution in [-0.2, 0) is 4.74 Å². The Morgan fingerprint density at radius 1 is 0.964 bits per heavy atom. The van der Waals surface area contributed by atoms with Crippen LogP contribution in [0.4, 0.5) is 5.82 Å². The molecule has 140 valence electrons. The fourth-order valence-electron chi connectivity index (χ4n) is 3.23. The van der Waals surface area contributed by atoms with Crippen molar-refractivity contribution >= 4 is 5.82 Å². The van der Waals surface area contributed by atoms with Gasteiger partial charge < -0.3 is 14.4 Å². The van der Waals surface area contributed by atoms with Gasteiger partial charge in [0.1, 0.15) is 17.4 Å². The van der Waals surface area contributed by atoms with Gasteiger partial charge in [-0.3, -0.25) is 0 Å². The molecule has 4 rings (SSSR count). The van der Waals surface area contributed by atoms with Gasteiger partial charge in [-0.1, -0.05) is 30.3 Å². The topological polar surface area (TPSA) is 71.3 Å². The first-order valence-electron chi connectivity index (χ1n) is 9.15. The summed E-state index contributed by atoms with van der Waals surface area (Å²) in [6.45, 7) is 2.63. The molecule has 1 saturated heterocycles. The van der Waals surface area contributed by atoms with E-state index in [1.807, 2.05) is 54.6 Å². The lowest BCUT2D eigenvalue weighted by Gasteiger charge is -2.29. The predicted octanol–water partition coefficient (Wildman–Crippen LogP) is 3.53. The highest BCUT2D eigenvalue weighted by Gasteiger charge is 2.22. The number of ether oxygens (including phenoxy) is 2. The molecule has 0 bridgehead atoms. The van der Waals surface area contributed by atoms with Crippen LogP contribution in [0.1, 0.15) is 5.56 Å². The van der Waals surface area contributed by atoms with Crippen molar-refractivity contribution in [2.75, 3.05) is 38.3 Å². The third-order valence-corrected chi connectivity index (χ3v) is 4.71. The number of morpholine rings is 1. The summed E-state index contributed by atoms with van der Waals surface area (Å²) in [4.78, 5) is 11.6. The molecule has 0 spiro atoms. The zero-order valence-corrected chi connectivity index (χ0v) is 15.6. The first-order chi connectivity index (χ1) is 13.8. The molecule has 1 aliphatic rings. The van der Waals surface area contributed by atoms with Crippen LogP contribution in [0.15, 0.2) is 54.6 Å². The van der Waals surface area contributed by atoms with E-state index in [0.29, 0.717) is 49.2 Å². The van der Waals surface area contributed by atoms with Gasteiger partial charge in [0.2, 0.25) is 0 Å². The molecular weight excluding hydrogens is 352 g/mol. The fourth-order valence-corrected chi connectivity index (χ4v) is 3.23. The molecule has 0 atom stereocenters. The van der Waals surface area contributed by atoms with Crippen molar-refractivity contribution < 1.29 is 9.47 Å². The Hall–Kier alpha value is -3.43. The van der Waals surface area contributed by atoms with Crippen molar-refractivity contribution in [3.63, 3.8) is 0 Å². The maximum Gasteiger partial charge on any atom is 0.162 e. The highest BCUT2D eigenvalue weighted by Crippen LogP contribution is 2.32. The third kappa shape index (κ3) is 3.53. The number of rotatable bonds is 4. The summed E-state index contributed by atoms with van der Waals surface area (Å²) in [7, 11) is 1.63. The minimum Gasteiger partial charge on any atom is -0.497 e. The molecule has 28 heavy (non-hydrogen) atoms. The van der Waals surface area contributed by atoms with E-state index in [0.717, 1.165) is 16.9 Å². The van der Waals surface area contributed by atoms with Crippen LogP contribution in [0.3, 0.4) is 0 Å². The number of aromatic nitrogens is 2. The van der Waals surface area contributed by atoms with Gasteiger partial charge in [-0.2, -0.15) is 5.26 Å². The van der Waals surface area contributed by atoms with Crippen molar-refractivity contribution in [3.05, 3.63) is 60.2 Å². The van der Waals surface area contributed by atoms with Crippen LogP contribution in [-0.4, -0.2) is 43.4 Å². The van der Waals surface area contributed by atoms with Crippen molar-refractivity contribution in [2.45, 2.75) is 0 Å². The quantitative estimate of drug-likeness (QED) is 0.698. The first kappa shape index (κ1) is 18.0. The van der Waals surface area contributed by atoms with Gasteiger partial charge in [0, 0.05) is 24.2 Å². The Balaban J connectivity index is 1.90. The molecule has 0 aliphatic carbocycles. The molecule has 0 N–H and O–H groups in total. The molecule has 3 aromatic rings. The Morgan fingerprint density at radius 2 is 1.68 bits per heavy atom. The highest BCUT2D eigenvalue weighted by atomic mass is 16.5. The minimum atomic E-state index is 0.478. The normalized spacial score (nSPS) is 13.8. The lowest BCUT2D eigenvalue weighted by Crippen LogP contribution is -2.37. The second-order valence-corrected chi connectivity index (χ2v) is 6.40. The summed E-state index contributed by atoms with van der Waals surface area (Å²) in [6, 6.07) is 19.7. The zero-order valence-electron chi connectivity index (χ0n) is 15.6. The fraction of sp³-hybridized carbons (Fsp3) is 0.227. The van der Waals surface area contributed by atoms with E-state index < -0.39 is 0 Å². The molecule has 6 heteroatoms. The van der Waals surface area contributed by atoms with Crippen molar-refractivity contribution in [3.8, 4) is 34.5 Å². The number of anilines is 1. The molecule has 0 saturated carbocycles. The van der Waals surface area contributed by atoms with E-state index in [2.05, 4.69) is 11.0 Å². The van der Waals surface area contributed by atoms with E-state index in [-0.39, 0.29) is 0 Å². The smallest absolute Gasteiger partial charge is 0.162 e. The number of nitriles is 1. The van der Waals surface area contributed by atoms with E-state index >= 15 is 0 Å². The predicted molar refractivity (Wildman–Crippen MR) is 107 cm³/mol. The van der Waals surface area contributed by atoms with Gasteiger partial charge >= 0.3 is 0 Å². The lowest BCUT2D eigenvalue weighted by atomic mass is 10.1. The molecule has 0 unspecified atom stereocenters. The molecule has 1 aromatic heterocycles. The van der Waals surface area contributed by atoms with E-state index in [4.69, 9.17) is 19.4 Å². The van der Waals surface area contributed by atoms with Gasteiger partial charge in [-0.25, -0.2) is 9.97 Å². The molecule has 1 aliphatic heterocycles. The third-order valence-electron chi connectivity index (χ3n) is 4.71. The average molecular weight is 372 g/mol. The van der Waals surface area contributed by atoms with Crippen LogP contribution < -0.4 is 9.64 Å². The lowest BCUT2D eigenvalue weighted by molar-refractivity contribution is 0.122. The Kier molecular flexibility index (Phi) is 5.18. The summed E-state index contributed by atoms with van der Waals surface area (Å²) in [5.74, 6) is 2.02. The van der Waals surface area contributed by atoms with Gasteiger partial charge in [0.05, 0.1) is 26.0 Å². The van der Waals surface area contributed by atoms with Crippen molar-refractivity contribution in [1.82, 2.24) is 9.97 Å². The summed E-state index contributed by atoms with van der Waals surface area (Å²) >= 11 is 0. The molecule has 1 fully saturated rings. The second kappa shape index (κ2) is 8.07. The van der Waals surface area contributed by atoms with E-state index in [1.54, 1.807) is 7.11 Å². The summed E-state index contributed by atoms with van der Waals surface area (Å²) in [6.07, 6.45) is 0. The summed E-state index contributed by atoms with van der Waals surface area (Å²) in [5.41, 5.74) is 2.87. The highest BCUT2D eigenvalue weighted by molar-refractivity contribution is 5.76. The molecular formula is C22H20N4O2. The van der Waals surface area contributed by atoms with Gasteiger partial charge in [0.25, 0.3) is 0 Å². The van der Waals surface area contributed by atoms with Crippen LogP contribution >= 0.6 is 0 Å². The first-order valence-corrected chi connectivity index (χ1v) is 9.15. The molecule has 0 amide bonds. The zero-order chi connectivity index (χ0) is 19.3. The monoisotopic (exact) mass is 372 g/mol. The molecule has 2 aromatic carbocycles. The van der Waals surface area contributed by atoms with Crippen LogP contribution in [0, 0.1) is 11.3 Å². The van der Waals surface area contributed by atoms with Gasteiger partial charge in [-0.15, -0.1) is 0 Å². The summed E-state index contributed by atoms with van der Waals surface area (Å²) in [5, 5.41) is 9.94. The van der Waals surface area contributed by atoms with Crippen molar-refractivity contribution in [2.24, 2.45) is 0 Å². The molecule has 0 radical (unpaired) electrons. The standard InChI is InChI=1S/C22H20N4O2/c1-27-18-9-7-16(8-10-18)20-19(15-23)22(26-11-13-28-14-12-26)25-21(24-20)17-5-3-2-4-6-17/h2-10H,11-14H2,1H3. The maximum atomic E-state index is 9.94. The maximum absolute atomic E-state index is 9.94. The largest absolute Gasteiger partial charge is 0.497 e. The minimum absolute atomic E-state index is 0.478. The second-order valence-electron chi connectivity index (χ2n) is 6.40. The van der Waals surface area contributed by atoms with Crippen molar-refractivity contribution in [1.29, 1.82) is 5.26 Å². The Bertz CT molecular complexity index is 992. The Labute approximate surface area is 164 Å². The van der Waals surface area contributed by atoms with Crippen LogP contribution in [0.5, 0.6) is 5.75 Å². The van der Waals surface area contributed by atoms with Gasteiger partial charge in [0.15, 0.2) is 11.6 Å². The van der Waals surface area contributed by atoms with Crippen LogP contribution in [0.2, 0.25) is 0 Å². The Morgan fingerprint density at radius 3 is 2.32 bits per heavy atom. The number of hydrogen-bond acceptors (Lipinski definition) is 6. The average Bonchev–Trinajstić information content (AvgIpc) is 2.79. The molecule has 6 nitrogen and oxygen atoms in total. The van der Waals surface area contributed by atoms with E-state index in [9.17, 15) is 5.26 Å². The van der Waals surface area contributed by atoms with Crippen LogP contribution in [0.25, 0.3) is 22.6 Å². The number of nitrogens with zero attached hydrogens (tertiary/aromatic N) is 4. The number of benzene rings is 2. The number of hydrogen-bond donors (Lipinski definition) is 0. The van der Waals surface area contributed by atoms with E-state index in [1.165, 1.54) is 0 Å². The summed E-state index contributed by atoms with van der Waals surface area (Å²) < 4.78 is 10.7. The van der Waals surface area contributed by atoms with Gasteiger partial charge in [-0.05, 0) is 24.3 Å². The SMILES string of the molecule is COc1ccc(-c2nc(-c3ccccc3)nc(N3CCOCC3)c2C#N)cc1.